The van der Waals surface area contributed by atoms with Crippen molar-refractivity contribution in [3.05, 3.63) is 89.5 Å². The van der Waals surface area contributed by atoms with Gasteiger partial charge in [-0.3, -0.25) is 4.79 Å². The summed E-state index contributed by atoms with van der Waals surface area (Å²) in [7, 11) is 1.63. The lowest BCUT2D eigenvalue weighted by molar-refractivity contribution is 0.0683. The Balaban J connectivity index is 1.61. The van der Waals surface area contributed by atoms with Gasteiger partial charge in [0.1, 0.15) is 12.8 Å². The maximum Gasteiger partial charge on any atom is 0.257 e. The number of ether oxygens (including phenoxy) is 2. The molecule has 0 fully saturated rings. The first kappa shape index (κ1) is 19.8. The summed E-state index contributed by atoms with van der Waals surface area (Å²) in [6.07, 6.45) is 0.617. The van der Waals surface area contributed by atoms with Gasteiger partial charge in [-0.1, -0.05) is 55.5 Å². The molecule has 0 radical (unpaired) electrons. The number of fused-ring (bicyclic) bond motifs is 1. The second-order valence-electron chi connectivity index (χ2n) is 7.28. The van der Waals surface area contributed by atoms with Gasteiger partial charge in [0.2, 0.25) is 0 Å². The molecule has 0 saturated carbocycles. The van der Waals surface area contributed by atoms with Crippen LogP contribution in [-0.2, 0) is 6.61 Å². The van der Waals surface area contributed by atoms with Crippen LogP contribution in [0.25, 0.3) is 0 Å². The van der Waals surface area contributed by atoms with Gasteiger partial charge in [-0.15, -0.1) is 0 Å². The smallest absolute Gasteiger partial charge is 0.257 e. The van der Waals surface area contributed by atoms with Gasteiger partial charge in [-0.05, 0) is 41.8 Å². The number of para-hydroxylation sites is 1. The molecule has 1 amide bonds. The molecule has 0 saturated heterocycles. The third-order valence-corrected chi connectivity index (χ3v) is 5.23. The van der Waals surface area contributed by atoms with Crippen molar-refractivity contribution in [2.75, 3.05) is 19.0 Å². The minimum Gasteiger partial charge on any atom is -0.493 e. The van der Waals surface area contributed by atoms with E-state index in [0.29, 0.717) is 30.2 Å². The summed E-state index contributed by atoms with van der Waals surface area (Å²) in [5, 5.41) is 3.52. The van der Waals surface area contributed by atoms with E-state index in [1.165, 1.54) is 0 Å². The molecule has 1 N–H and O–H groups in total. The van der Waals surface area contributed by atoms with E-state index in [1.54, 1.807) is 7.11 Å². The first-order valence-electron chi connectivity index (χ1n) is 10.2. The first-order valence-corrected chi connectivity index (χ1v) is 10.2. The number of nitrogens with zero attached hydrogens (tertiary/aromatic N) is 1. The highest BCUT2D eigenvalue weighted by Crippen LogP contribution is 2.37. The molecular formula is C25H26N2O3. The van der Waals surface area contributed by atoms with E-state index in [4.69, 9.17) is 9.47 Å². The Hall–Kier alpha value is -3.47. The number of hydrogen-bond donors (Lipinski definition) is 1. The zero-order chi connectivity index (χ0) is 20.9. The van der Waals surface area contributed by atoms with Crippen LogP contribution in [0.5, 0.6) is 11.5 Å². The highest BCUT2D eigenvalue weighted by Gasteiger charge is 2.32. The highest BCUT2D eigenvalue weighted by atomic mass is 16.5. The van der Waals surface area contributed by atoms with Crippen molar-refractivity contribution < 1.29 is 14.3 Å². The average molecular weight is 402 g/mol. The van der Waals surface area contributed by atoms with Crippen LogP contribution in [0, 0.1) is 0 Å². The quantitative estimate of drug-likeness (QED) is 0.586. The molecule has 154 valence electrons. The van der Waals surface area contributed by atoms with Crippen LogP contribution in [0.1, 0.15) is 41.0 Å². The molecule has 1 atom stereocenters. The van der Waals surface area contributed by atoms with E-state index in [2.05, 4.69) is 12.2 Å². The summed E-state index contributed by atoms with van der Waals surface area (Å²) in [6, 6.07) is 23.5. The van der Waals surface area contributed by atoms with Crippen LogP contribution in [0.3, 0.4) is 0 Å². The standard InChI is InChI=1S/C25H26N2O3/c1-3-15-27-24(26-21-12-8-7-11-20(21)25(27)28)19-13-14-22(23(16-19)29-2)30-17-18-9-5-4-6-10-18/h4-14,16,24,26H,3,15,17H2,1-2H3. The second kappa shape index (κ2) is 8.91. The molecule has 1 unspecified atom stereocenters. The molecule has 5 nitrogen and oxygen atoms in total. The minimum atomic E-state index is -0.260. The van der Waals surface area contributed by atoms with Crippen LogP contribution in [0.4, 0.5) is 5.69 Å². The second-order valence-corrected chi connectivity index (χ2v) is 7.28. The normalized spacial score (nSPS) is 15.3. The van der Waals surface area contributed by atoms with Gasteiger partial charge in [0, 0.05) is 12.2 Å². The van der Waals surface area contributed by atoms with Crippen molar-refractivity contribution in [3.8, 4) is 11.5 Å². The van der Waals surface area contributed by atoms with E-state index in [0.717, 1.165) is 23.2 Å². The molecule has 1 heterocycles. The lowest BCUT2D eigenvalue weighted by atomic mass is 10.0. The van der Waals surface area contributed by atoms with Crippen molar-refractivity contribution in [1.82, 2.24) is 4.90 Å². The lowest BCUT2D eigenvalue weighted by Crippen LogP contribution is -2.43. The number of amides is 1. The Morgan fingerprint density at radius 3 is 2.50 bits per heavy atom. The van der Waals surface area contributed by atoms with Gasteiger partial charge >= 0.3 is 0 Å². The molecule has 4 rings (SSSR count). The Kier molecular flexibility index (Phi) is 5.89. The van der Waals surface area contributed by atoms with E-state index < -0.39 is 0 Å². The maximum absolute atomic E-state index is 13.1. The van der Waals surface area contributed by atoms with E-state index in [9.17, 15) is 4.79 Å². The summed E-state index contributed by atoms with van der Waals surface area (Å²) in [5.41, 5.74) is 3.60. The van der Waals surface area contributed by atoms with Crippen LogP contribution in [0.15, 0.2) is 72.8 Å². The summed E-state index contributed by atoms with van der Waals surface area (Å²) < 4.78 is 11.6. The topological polar surface area (TPSA) is 50.8 Å². The molecule has 30 heavy (non-hydrogen) atoms. The zero-order valence-corrected chi connectivity index (χ0v) is 17.3. The average Bonchev–Trinajstić information content (AvgIpc) is 2.80. The molecule has 0 aliphatic carbocycles. The van der Waals surface area contributed by atoms with Gasteiger partial charge in [0.25, 0.3) is 5.91 Å². The molecule has 0 aromatic heterocycles. The molecule has 0 bridgehead atoms. The molecular weight excluding hydrogens is 376 g/mol. The Morgan fingerprint density at radius 1 is 0.967 bits per heavy atom. The fraction of sp³-hybridized carbons (Fsp3) is 0.240. The minimum absolute atomic E-state index is 0.0413. The molecule has 3 aromatic carbocycles. The fourth-order valence-corrected chi connectivity index (χ4v) is 3.74. The van der Waals surface area contributed by atoms with E-state index in [-0.39, 0.29) is 12.1 Å². The fourth-order valence-electron chi connectivity index (χ4n) is 3.74. The Morgan fingerprint density at radius 2 is 1.73 bits per heavy atom. The molecule has 1 aliphatic rings. The zero-order valence-electron chi connectivity index (χ0n) is 17.3. The predicted octanol–water partition coefficient (Wildman–Crippen LogP) is 5.25. The number of anilines is 1. The number of benzene rings is 3. The van der Waals surface area contributed by atoms with E-state index >= 15 is 0 Å². The van der Waals surface area contributed by atoms with Crippen molar-refractivity contribution in [2.24, 2.45) is 0 Å². The summed E-state index contributed by atoms with van der Waals surface area (Å²) in [5.74, 6) is 1.36. The SMILES string of the molecule is CCCN1C(=O)c2ccccc2NC1c1ccc(OCc2ccccc2)c(OC)c1. The van der Waals surface area contributed by atoms with Crippen molar-refractivity contribution in [3.63, 3.8) is 0 Å². The van der Waals surface area contributed by atoms with E-state index in [1.807, 2.05) is 77.7 Å². The van der Waals surface area contributed by atoms with Crippen molar-refractivity contribution in [2.45, 2.75) is 26.1 Å². The summed E-state index contributed by atoms with van der Waals surface area (Å²) in [4.78, 5) is 15.0. The van der Waals surface area contributed by atoms with Gasteiger partial charge in [0.05, 0.1) is 12.7 Å². The maximum atomic E-state index is 13.1. The number of rotatable bonds is 7. The van der Waals surface area contributed by atoms with Gasteiger partial charge < -0.3 is 19.7 Å². The number of carbonyl (C=O) groups is 1. The molecule has 5 heteroatoms. The number of hydrogen-bond acceptors (Lipinski definition) is 4. The van der Waals surface area contributed by atoms with Crippen molar-refractivity contribution in [1.29, 1.82) is 0 Å². The summed E-state index contributed by atoms with van der Waals surface area (Å²) in [6.45, 7) is 3.21. The highest BCUT2D eigenvalue weighted by molar-refractivity contribution is 6.01. The molecule has 1 aliphatic heterocycles. The van der Waals surface area contributed by atoms with Gasteiger partial charge in [-0.25, -0.2) is 0 Å². The van der Waals surface area contributed by atoms with Gasteiger partial charge in [-0.2, -0.15) is 0 Å². The number of methoxy groups -OCH3 is 1. The monoisotopic (exact) mass is 402 g/mol. The van der Waals surface area contributed by atoms with Crippen LogP contribution >= 0.6 is 0 Å². The Bertz CT molecular complexity index is 1020. The number of nitrogens with one attached hydrogen (secondary N) is 1. The largest absolute Gasteiger partial charge is 0.493 e. The molecule has 3 aromatic rings. The third kappa shape index (κ3) is 3.96. The first-order chi connectivity index (χ1) is 14.7. The van der Waals surface area contributed by atoms with Crippen LogP contribution < -0.4 is 14.8 Å². The van der Waals surface area contributed by atoms with Gasteiger partial charge in [0.15, 0.2) is 11.5 Å². The van der Waals surface area contributed by atoms with Crippen molar-refractivity contribution >= 4 is 11.6 Å². The third-order valence-electron chi connectivity index (χ3n) is 5.23. The van der Waals surface area contributed by atoms with Crippen LogP contribution in [-0.4, -0.2) is 24.5 Å². The van der Waals surface area contributed by atoms with Crippen LogP contribution in [0.2, 0.25) is 0 Å². The predicted molar refractivity (Wildman–Crippen MR) is 118 cm³/mol. The molecule has 0 spiro atoms. The Labute approximate surface area is 177 Å². The number of carbonyl (C=O) groups excluding carboxylic acids is 1. The lowest BCUT2D eigenvalue weighted by Gasteiger charge is -2.38. The summed E-state index contributed by atoms with van der Waals surface area (Å²) >= 11 is 0.